The number of methoxy groups -OCH3 is 2. The lowest BCUT2D eigenvalue weighted by Crippen LogP contribution is -3.15. The number of nitrogens with one attached hydrogen (secondary N) is 1. The molecule has 1 atom stereocenters. The average Bonchev–Trinajstić information content (AvgIpc) is 3.27. The third kappa shape index (κ3) is 4.44. The maximum Gasteiger partial charge on any atom is 0.214 e. The van der Waals surface area contributed by atoms with E-state index in [2.05, 4.69) is 56.8 Å². The van der Waals surface area contributed by atoms with E-state index in [1.807, 2.05) is 22.9 Å². The summed E-state index contributed by atoms with van der Waals surface area (Å²) in [7, 11) is 3.39. The van der Waals surface area contributed by atoms with Crippen LogP contribution in [-0.4, -0.2) is 67.2 Å². The van der Waals surface area contributed by atoms with E-state index < -0.39 is 0 Å². The molecule has 0 saturated carbocycles. The van der Waals surface area contributed by atoms with Crippen LogP contribution in [-0.2, 0) is 11.3 Å². The second-order valence-electron chi connectivity index (χ2n) is 7.44. The van der Waals surface area contributed by atoms with Gasteiger partial charge in [0.15, 0.2) is 6.04 Å². The zero-order chi connectivity index (χ0) is 20.8. The molecule has 8 heteroatoms. The van der Waals surface area contributed by atoms with Crippen LogP contribution in [0, 0.1) is 0 Å². The molecule has 1 aliphatic heterocycles. The van der Waals surface area contributed by atoms with Gasteiger partial charge in [0.2, 0.25) is 5.82 Å². The quantitative estimate of drug-likeness (QED) is 0.594. The first-order valence-electron chi connectivity index (χ1n) is 10.3. The number of tetrazole rings is 1. The normalized spacial score (nSPS) is 15.9. The molecule has 2 heterocycles. The van der Waals surface area contributed by atoms with Gasteiger partial charge in [-0.1, -0.05) is 30.3 Å². The van der Waals surface area contributed by atoms with Gasteiger partial charge in [-0.05, 0) is 34.7 Å². The van der Waals surface area contributed by atoms with Gasteiger partial charge in [-0.3, -0.25) is 0 Å². The van der Waals surface area contributed by atoms with Crippen molar-refractivity contribution in [3.05, 3.63) is 66.0 Å². The standard InChI is InChI=1S/C22H28N6O2/c1-29-17-16-28-22(23-24-25-28)21(18-6-4-3-5-7-18)27-14-12-26(13-15-27)19-8-10-20(30-2)11-9-19/h3-11,21H,12-17H2,1-2H3/p+1/t21-/m1/s1. The predicted molar refractivity (Wildman–Crippen MR) is 114 cm³/mol. The zero-order valence-corrected chi connectivity index (χ0v) is 17.6. The van der Waals surface area contributed by atoms with Crippen molar-refractivity contribution in [1.82, 2.24) is 20.2 Å². The van der Waals surface area contributed by atoms with Crippen LogP contribution in [0.4, 0.5) is 5.69 Å². The fraction of sp³-hybridized carbons (Fsp3) is 0.409. The van der Waals surface area contributed by atoms with Gasteiger partial charge in [0.1, 0.15) is 5.75 Å². The van der Waals surface area contributed by atoms with E-state index in [0.29, 0.717) is 13.2 Å². The number of quaternary nitrogens is 1. The zero-order valence-electron chi connectivity index (χ0n) is 17.6. The second-order valence-corrected chi connectivity index (χ2v) is 7.44. The van der Waals surface area contributed by atoms with E-state index in [4.69, 9.17) is 9.47 Å². The SMILES string of the molecule is COCCn1nnnc1[C@@H](c1ccccc1)[NH+]1CCN(c2ccc(OC)cc2)CC1. The lowest BCUT2D eigenvalue weighted by Gasteiger charge is -2.37. The summed E-state index contributed by atoms with van der Waals surface area (Å²) in [5.74, 6) is 1.78. The highest BCUT2D eigenvalue weighted by Gasteiger charge is 2.34. The van der Waals surface area contributed by atoms with E-state index in [0.717, 1.165) is 37.8 Å². The smallest absolute Gasteiger partial charge is 0.214 e. The minimum absolute atomic E-state index is 0.0936. The van der Waals surface area contributed by atoms with Gasteiger partial charge >= 0.3 is 0 Å². The van der Waals surface area contributed by atoms with Crippen LogP contribution in [0.5, 0.6) is 5.75 Å². The number of aromatic nitrogens is 4. The van der Waals surface area contributed by atoms with Crippen molar-refractivity contribution in [2.75, 3.05) is 51.9 Å². The summed E-state index contributed by atoms with van der Waals surface area (Å²) in [6, 6.07) is 18.9. The van der Waals surface area contributed by atoms with Crippen molar-refractivity contribution in [3.8, 4) is 5.75 Å². The van der Waals surface area contributed by atoms with E-state index in [-0.39, 0.29) is 6.04 Å². The van der Waals surface area contributed by atoms with Gasteiger partial charge in [-0.15, -0.1) is 5.10 Å². The Hall–Kier alpha value is -2.97. The number of rotatable bonds is 8. The largest absolute Gasteiger partial charge is 0.497 e. The van der Waals surface area contributed by atoms with Crippen molar-refractivity contribution in [2.24, 2.45) is 0 Å². The molecule has 4 rings (SSSR count). The van der Waals surface area contributed by atoms with Crippen LogP contribution in [0.25, 0.3) is 0 Å². The van der Waals surface area contributed by atoms with Crippen LogP contribution >= 0.6 is 0 Å². The fourth-order valence-electron chi connectivity index (χ4n) is 4.10. The molecule has 3 aromatic rings. The minimum atomic E-state index is 0.0936. The Morgan fingerprint density at radius 2 is 1.73 bits per heavy atom. The Labute approximate surface area is 177 Å². The maximum absolute atomic E-state index is 5.28. The number of ether oxygens (including phenoxy) is 2. The molecule has 1 N–H and O–H groups in total. The van der Waals surface area contributed by atoms with E-state index in [1.165, 1.54) is 16.2 Å². The van der Waals surface area contributed by atoms with Gasteiger partial charge in [-0.2, -0.15) is 0 Å². The first kappa shape index (κ1) is 20.3. The van der Waals surface area contributed by atoms with Crippen LogP contribution in [0.2, 0.25) is 0 Å². The molecule has 1 fully saturated rings. The van der Waals surface area contributed by atoms with E-state index in [9.17, 15) is 0 Å². The van der Waals surface area contributed by atoms with Gasteiger partial charge in [0.05, 0.1) is 46.4 Å². The molecule has 1 aliphatic rings. The number of benzene rings is 2. The first-order valence-corrected chi connectivity index (χ1v) is 10.3. The molecular weight excluding hydrogens is 380 g/mol. The van der Waals surface area contributed by atoms with E-state index in [1.54, 1.807) is 14.2 Å². The lowest BCUT2D eigenvalue weighted by atomic mass is 10.0. The molecule has 30 heavy (non-hydrogen) atoms. The average molecular weight is 410 g/mol. The van der Waals surface area contributed by atoms with Crippen molar-refractivity contribution in [2.45, 2.75) is 12.6 Å². The molecule has 1 saturated heterocycles. The molecule has 0 unspecified atom stereocenters. The summed E-state index contributed by atoms with van der Waals surface area (Å²) in [6.07, 6.45) is 0. The molecule has 0 amide bonds. The van der Waals surface area contributed by atoms with Gasteiger partial charge in [-0.25, -0.2) is 4.68 Å². The lowest BCUT2D eigenvalue weighted by molar-refractivity contribution is -0.927. The number of anilines is 1. The number of nitrogens with zero attached hydrogens (tertiary/aromatic N) is 5. The molecule has 0 spiro atoms. The Bertz CT molecular complexity index is 907. The third-order valence-corrected chi connectivity index (χ3v) is 5.71. The molecule has 2 aromatic carbocycles. The van der Waals surface area contributed by atoms with Crippen molar-refractivity contribution >= 4 is 5.69 Å². The Balaban J connectivity index is 1.53. The van der Waals surface area contributed by atoms with Gasteiger partial charge < -0.3 is 19.3 Å². The first-order chi connectivity index (χ1) is 14.8. The summed E-state index contributed by atoms with van der Waals surface area (Å²) in [4.78, 5) is 3.90. The monoisotopic (exact) mass is 409 g/mol. The Morgan fingerprint density at radius 3 is 2.40 bits per heavy atom. The van der Waals surface area contributed by atoms with Gasteiger partial charge in [0.25, 0.3) is 0 Å². The number of hydrogen-bond acceptors (Lipinski definition) is 6. The predicted octanol–water partition coefficient (Wildman–Crippen LogP) is 0.823. The molecule has 8 nitrogen and oxygen atoms in total. The molecule has 0 bridgehead atoms. The molecule has 158 valence electrons. The topological polar surface area (TPSA) is 69.7 Å². The Kier molecular flexibility index (Phi) is 6.56. The number of hydrogen-bond donors (Lipinski definition) is 1. The van der Waals surface area contributed by atoms with Crippen molar-refractivity contribution < 1.29 is 14.4 Å². The Morgan fingerprint density at radius 1 is 1.00 bits per heavy atom. The second kappa shape index (κ2) is 9.69. The number of piperazine rings is 1. The summed E-state index contributed by atoms with van der Waals surface area (Å²) in [6.45, 7) is 5.19. The highest BCUT2D eigenvalue weighted by molar-refractivity contribution is 5.49. The van der Waals surface area contributed by atoms with Crippen molar-refractivity contribution in [3.63, 3.8) is 0 Å². The summed E-state index contributed by atoms with van der Waals surface area (Å²) >= 11 is 0. The minimum Gasteiger partial charge on any atom is -0.497 e. The van der Waals surface area contributed by atoms with Crippen molar-refractivity contribution in [1.29, 1.82) is 0 Å². The molecule has 1 aromatic heterocycles. The maximum atomic E-state index is 5.28. The summed E-state index contributed by atoms with van der Waals surface area (Å²) in [5, 5.41) is 12.6. The van der Waals surface area contributed by atoms with Crippen LogP contribution < -0.4 is 14.5 Å². The molecule has 0 radical (unpaired) electrons. The third-order valence-electron chi connectivity index (χ3n) is 5.71. The van der Waals surface area contributed by atoms with Crippen LogP contribution in [0.1, 0.15) is 17.4 Å². The van der Waals surface area contributed by atoms with Gasteiger partial charge in [0, 0.05) is 18.4 Å². The molecule has 0 aliphatic carbocycles. The van der Waals surface area contributed by atoms with Crippen LogP contribution in [0.15, 0.2) is 54.6 Å². The molecular formula is C22H29N6O2+. The highest BCUT2D eigenvalue weighted by Crippen LogP contribution is 2.21. The summed E-state index contributed by atoms with van der Waals surface area (Å²) < 4.78 is 12.4. The van der Waals surface area contributed by atoms with Crippen LogP contribution in [0.3, 0.4) is 0 Å². The summed E-state index contributed by atoms with van der Waals surface area (Å²) in [5.41, 5.74) is 2.47. The highest BCUT2D eigenvalue weighted by atomic mass is 16.5. The van der Waals surface area contributed by atoms with E-state index >= 15 is 0 Å². The fourth-order valence-corrected chi connectivity index (χ4v) is 4.10.